The van der Waals surface area contributed by atoms with Gasteiger partial charge in [-0.1, -0.05) is 48.5 Å². The van der Waals surface area contributed by atoms with E-state index in [2.05, 4.69) is 37.1 Å². The zero-order chi connectivity index (χ0) is 23.5. The first-order valence-electron chi connectivity index (χ1n) is 11.0. The molecule has 1 spiro atoms. The lowest BCUT2D eigenvalue weighted by molar-refractivity contribution is -0.117. The third-order valence-corrected chi connectivity index (χ3v) is 6.95. The number of halogens is 1. The van der Waals surface area contributed by atoms with Gasteiger partial charge in [-0.25, -0.2) is 4.99 Å². The topological polar surface area (TPSA) is 62.7 Å². The zero-order valence-electron chi connectivity index (χ0n) is 19.1. The molecule has 0 aromatic heterocycles. The highest BCUT2D eigenvalue weighted by Crippen LogP contribution is 2.54. The lowest BCUT2D eigenvalue weighted by Gasteiger charge is -2.46. The summed E-state index contributed by atoms with van der Waals surface area (Å²) in [5.41, 5.74) is 2.29. The summed E-state index contributed by atoms with van der Waals surface area (Å²) in [5, 5.41) is 9.37. The van der Waals surface area contributed by atoms with Crippen molar-refractivity contribution in [2.45, 2.75) is 44.9 Å². The number of rotatable bonds is 3. The smallest absolute Gasteiger partial charge is 0.246 e. The van der Waals surface area contributed by atoms with Crippen molar-refractivity contribution in [3.05, 3.63) is 77.3 Å². The Morgan fingerprint density at radius 1 is 1.18 bits per heavy atom. The van der Waals surface area contributed by atoms with Gasteiger partial charge in [0.15, 0.2) is 0 Å². The lowest BCUT2D eigenvalue weighted by Crippen LogP contribution is -2.65. The Bertz CT molecular complexity index is 1360. The minimum Gasteiger partial charge on any atom is -0.459 e. The molecule has 6 heteroatoms. The van der Waals surface area contributed by atoms with Crippen molar-refractivity contribution in [1.29, 1.82) is 0 Å². The Morgan fingerprint density at radius 3 is 2.70 bits per heavy atom. The highest BCUT2D eigenvalue weighted by Gasteiger charge is 2.60. The Hall–Kier alpha value is -3.31. The SMILES string of the molecule is C=C(C)C(=O)NC(C)C1=Nc2c(ccc3ccccc23)OC12Nc1ccc(Cl)cc1C2(C)C. The van der Waals surface area contributed by atoms with Crippen LogP contribution >= 0.6 is 11.6 Å². The third kappa shape index (κ3) is 3.14. The number of anilines is 1. The molecule has 33 heavy (non-hydrogen) atoms. The first-order valence-corrected chi connectivity index (χ1v) is 11.4. The van der Waals surface area contributed by atoms with E-state index in [4.69, 9.17) is 21.3 Å². The molecule has 3 aromatic rings. The number of amides is 1. The molecular weight excluding hydrogens is 434 g/mol. The van der Waals surface area contributed by atoms with Crippen molar-refractivity contribution >= 4 is 45.4 Å². The minimum atomic E-state index is -1.02. The molecule has 0 saturated heterocycles. The van der Waals surface area contributed by atoms with Gasteiger partial charge in [-0.3, -0.25) is 4.79 Å². The van der Waals surface area contributed by atoms with Crippen LogP contribution < -0.4 is 15.4 Å². The van der Waals surface area contributed by atoms with E-state index in [-0.39, 0.29) is 5.91 Å². The first-order chi connectivity index (χ1) is 15.6. The fourth-order valence-electron chi connectivity index (χ4n) is 4.85. The molecule has 2 atom stereocenters. The van der Waals surface area contributed by atoms with E-state index in [1.165, 1.54) is 0 Å². The monoisotopic (exact) mass is 459 g/mol. The second-order valence-electron chi connectivity index (χ2n) is 9.33. The second-order valence-corrected chi connectivity index (χ2v) is 9.77. The van der Waals surface area contributed by atoms with Crippen LogP contribution in [0.25, 0.3) is 10.8 Å². The van der Waals surface area contributed by atoms with Crippen molar-refractivity contribution in [3.8, 4) is 5.75 Å². The van der Waals surface area contributed by atoms with Crippen LogP contribution in [-0.2, 0) is 10.2 Å². The van der Waals surface area contributed by atoms with Gasteiger partial charge in [-0.15, -0.1) is 0 Å². The van der Waals surface area contributed by atoms with Crippen LogP contribution in [0, 0.1) is 0 Å². The summed E-state index contributed by atoms with van der Waals surface area (Å²) in [5.74, 6) is 0.468. The van der Waals surface area contributed by atoms with Gasteiger partial charge < -0.3 is 15.4 Å². The van der Waals surface area contributed by atoms with Crippen molar-refractivity contribution in [3.63, 3.8) is 0 Å². The molecule has 2 aliphatic rings. The number of nitrogens with one attached hydrogen (secondary N) is 2. The Kier molecular flexibility index (Phi) is 4.80. The fourth-order valence-corrected chi connectivity index (χ4v) is 5.03. The molecule has 1 amide bonds. The fraction of sp³-hybridized carbons (Fsp3) is 0.259. The van der Waals surface area contributed by atoms with E-state index in [1.54, 1.807) is 6.92 Å². The predicted molar refractivity (Wildman–Crippen MR) is 135 cm³/mol. The van der Waals surface area contributed by atoms with Crippen LogP contribution in [0.5, 0.6) is 5.75 Å². The quantitative estimate of drug-likeness (QED) is 0.462. The van der Waals surface area contributed by atoms with E-state index >= 15 is 0 Å². The summed E-state index contributed by atoms with van der Waals surface area (Å²) in [6.45, 7) is 11.6. The van der Waals surface area contributed by atoms with E-state index in [1.807, 2.05) is 55.5 Å². The largest absolute Gasteiger partial charge is 0.459 e. The Balaban J connectivity index is 1.73. The standard InChI is InChI=1S/C27H26ClN3O2/c1-15(2)25(32)29-16(3)24-27(26(4,5)20-14-18(28)11-12-21(20)31-27)33-22-13-10-17-8-6-7-9-19(17)23(22)30-24/h6-14,16,31H,1H2,2-5H3,(H,29,32). The van der Waals surface area contributed by atoms with Crippen molar-refractivity contribution in [2.24, 2.45) is 4.99 Å². The molecular formula is C27H26ClN3O2. The highest BCUT2D eigenvalue weighted by atomic mass is 35.5. The van der Waals surface area contributed by atoms with Crippen LogP contribution in [0.3, 0.4) is 0 Å². The third-order valence-electron chi connectivity index (χ3n) is 6.71. The molecule has 5 rings (SSSR count). The van der Waals surface area contributed by atoms with Crippen LogP contribution in [0.1, 0.15) is 33.3 Å². The number of ether oxygens (including phenoxy) is 1. The lowest BCUT2D eigenvalue weighted by atomic mass is 9.73. The Labute approximate surface area is 198 Å². The van der Waals surface area contributed by atoms with Gasteiger partial charge in [0.1, 0.15) is 17.1 Å². The van der Waals surface area contributed by atoms with Crippen LogP contribution in [0.2, 0.25) is 5.02 Å². The number of nitrogens with zero attached hydrogens (tertiary/aromatic N) is 1. The minimum absolute atomic E-state index is 0.222. The van der Waals surface area contributed by atoms with E-state index in [0.29, 0.717) is 22.1 Å². The maximum atomic E-state index is 12.5. The molecule has 0 aliphatic carbocycles. The summed E-state index contributed by atoms with van der Waals surface area (Å²) < 4.78 is 6.84. The first kappa shape index (κ1) is 21.5. The molecule has 3 aromatic carbocycles. The molecule has 0 radical (unpaired) electrons. The van der Waals surface area contributed by atoms with Gasteiger partial charge in [-0.05, 0) is 62.9 Å². The summed E-state index contributed by atoms with van der Waals surface area (Å²) in [4.78, 5) is 17.7. The van der Waals surface area contributed by atoms with Gasteiger partial charge in [0.25, 0.3) is 0 Å². The highest BCUT2D eigenvalue weighted by molar-refractivity contribution is 6.30. The molecule has 2 unspecified atom stereocenters. The summed E-state index contributed by atoms with van der Waals surface area (Å²) in [6, 6.07) is 17.5. The number of hydrogen-bond acceptors (Lipinski definition) is 4. The van der Waals surface area contributed by atoms with Crippen molar-refractivity contribution in [2.75, 3.05) is 5.32 Å². The average molecular weight is 460 g/mol. The zero-order valence-corrected chi connectivity index (χ0v) is 19.9. The summed E-state index contributed by atoms with van der Waals surface area (Å²) in [6.07, 6.45) is 0. The summed E-state index contributed by atoms with van der Waals surface area (Å²) >= 11 is 6.36. The van der Waals surface area contributed by atoms with Gasteiger partial charge in [0, 0.05) is 21.7 Å². The van der Waals surface area contributed by atoms with Gasteiger partial charge in [-0.2, -0.15) is 0 Å². The molecule has 168 valence electrons. The van der Waals surface area contributed by atoms with Gasteiger partial charge in [0.2, 0.25) is 11.6 Å². The van der Waals surface area contributed by atoms with Crippen LogP contribution in [0.4, 0.5) is 11.4 Å². The molecule has 0 fully saturated rings. The van der Waals surface area contributed by atoms with Gasteiger partial charge in [0.05, 0.1) is 11.5 Å². The second kappa shape index (κ2) is 7.35. The van der Waals surface area contributed by atoms with E-state index in [0.717, 1.165) is 27.7 Å². The molecule has 0 bridgehead atoms. The van der Waals surface area contributed by atoms with Crippen LogP contribution in [-0.4, -0.2) is 23.4 Å². The van der Waals surface area contributed by atoms with Crippen molar-refractivity contribution in [1.82, 2.24) is 5.32 Å². The normalized spacial score (nSPS) is 20.8. The predicted octanol–water partition coefficient (Wildman–Crippen LogP) is 6.14. The number of carbonyl (C=O) groups is 1. The summed E-state index contributed by atoms with van der Waals surface area (Å²) in [7, 11) is 0. The van der Waals surface area contributed by atoms with E-state index in [9.17, 15) is 4.79 Å². The molecule has 0 saturated carbocycles. The number of fused-ring (bicyclic) bond motifs is 4. The van der Waals surface area contributed by atoms with Crippen LogP contribution in [0.15, 0.2) is 71.7 Å². The number of benzene rings is 3. The number of carbonyl (C=O) groups excluding carboxylic acids is 1. The molecule has 2 N–H and O–H groups in total. The Morgan fingerprint density at radius 2 is 1.94 bits per heavy atom. The molecule has 5 nitrogen and oxygen atoms in total. The number of hydrogen-bond donors (Lipinski definition) is 2. The molecule has 2 aliphatic heterocycles. The average Bonchev–Trinajstić information content (AvgIpc) is 2.99. The van der Waals surface area contributed by atoms with Gasteiger partial charge >= 0.3 is 0 Å². The van der Waals surface area contributed by atoms with Crippen molar-refractivity contribution < 1.29 is 9.53 Å². The maximum absolute atomic E-state index is 12.5. The molecule has 2 heterocycles. The van der Waals surface area contributed by atoms with E-state index < -0.39 is 17.2 Å². The maximum Gasteiger partial charge on any atom is 0.246 e. The number of aliphatic imine (C=N–C) groups is 1.